The number of carboxylic acids is 1. The maximum Gasteiger partial charge on any atom is 0.320 e. The third kappa shape index (κ3) is 4.80. The van der Waals surface area contributed by atoms with Gasteiger partial charge in [-0.05, 0) is 49.9 Å². The van der Waals surface area contributed by atoms with Gasteiger partial charge in [-0.25, -0.2) is 0 Å². The summed E-state index contributed by atoms with van der Waals surface area (Å²) in [7, 11) is 1.65. The molecule has 0 aromatic heterocycles. The van der Waals surface area contributed by atoms with Gasteiger partial charge in [0.2, 0.25) is 5.91 Å². The summed E-state index contributed by atoms with van der Waals surface area (Å²) in [5, 5.41) is 9.48. The maximum atomic E-state index is 13.2. The Morgan fingerprint density at radius 1 is 1.04 bits per heavy atom. The van der Waals surface area contributed by atoms with E-state index in [0.717, 1.165) is 56.4 Å². The van der Waals surface area contributed by atoms with E-state index in [2.05, 4.69) is 0 Å². The molecule has 2 saturated heterocycles. The molecule has 2 heterocycles. The second-order valence-electron chi connectivity index (χ2n) is 7.55. The lowest BCUT2D eigenvalue weighted by molar-refractivity contribution is -0.146. The molecule has 0 radical (unpaired) electrons. The van der Waals surface area contributed by atoms with E-state index in [1.54, 1.807) is 7.11 Å². The van der Waals surface area contributed by atoms with Gasteiger partial charge in [0.1, 0.15) is 11.8 Å². The smallest absolute Gasteiger partial charge is 0.320 e. The van der Waals surface area contributed by atoms with Gasteiger partial charge in [-0.1, -0.05) is 31.4 Å². The Labute approximate surface area is 161 Å². The molecular formula is C21H30N2O4. The molecule has 1 amide bonds. The van der Waals surface area contributed by atoms with Crippen LogP contribution in [-0.4, -0.2) is 59.6 Å². The van der Waals surface area contributed by atoms with Crippen LogP contribution in [0.15, 0.2) is 24.3 Å². The number of rotatable bonds is 5. The molecule has 0 aliphatic carbocycles. The molecule has 3 rings (SSSR count). The first-order valence-electron chi connectivity index (χ1n) is 10.0. The second kappa shape index (κ2) is 9.22. The predicted octanol–water partition coefficient (Wildman–Crippen LogP) is 3.08. The minimum absolute atomic E-state index is 0.0471. The summed E-state index contributed by atoms with van der Waals surface area (Å²) >= 11 is 0. The number of likely N-dealkylation sites (tertiary alicyclic amines) is 2. The van der Waals surface area contributed by atoms with Crippen LogP contribution in [0.1, 0.15) is 56.6 Å². The van der Waals surface area contributed by atoms with Crippen molar-refractivity contribution < 1.29 is 19.4 Å². The Morgan fingerprint density at radius 3 is 2.44 bits per heavy atom. The number of piperidine rings is 1. The quantitative estimate of drug-likeness (QED) is 0.858. The maximum absolute atomic E-state index is 13.2. The van der Waals surface area contributed by atoms with Crippen LogP contribution in [0.25, 0.3) is 0 Å². The average molecular weight is 374 g/mol. The number of methoxy groups -OCH3 is 1. The minimum atomic E-state index is -0.815. The average Bonchev–Trinajstić information content (AvgIpc) is 2.94. The molecule has 0 spiro atoms. The number of carbonyl (C=O) groups excluding carboxylic acids is 1. The van der Waals surface area contributed by atoms with Gasteiger partial charge in [0.15, 0.2) is 0 Å². The van der Waals surface area contributed by atoms with Crippen molar-refractivity contribution in [2.24, 2.45) is 0 Å². The molecule has 6 heteroatoms. The lowest BCUT2D eigenvalue weighted by Gasteiger charge is -2.36. The van der Waals surface area contributed by atoms with Crippen LogP contribution < -0.4 is 4.74 Å². The van der Waals surface area contributed by atoms with Crippen LogP contribution in [-0.2, 0) is 9.59 Å². The first-order chi connectivity index (χ1) is 13.1. The highest BCUT2D eigenvalue weighted by molar-refractivity contribution is 5.80. The number of hydrogen-bond donors (Lipinski definition) is 1. The van der Waals surface area contributed by atoms with Crippen LogP contribution in [0.2, 0.25) is 0 Å². The van der Waals surface area contributed by atoms with Crippen LogP contribution in [0.4, 0.5) is 0 Å². The van der Waals surface area contributed by atoms with Crippen LogP contribution >= 0.6 is 0 Å². The zero-order chi connectivity index (χ0) is 19.2. The van der Waals surface area contributed by atoms with Crippen molar-refractivity contribution >= 4 is 11.9 Å². The number of ether oxygens (including phenoxy) is 1. The molecule has 148 valence electrons. The molecule has 2 aliphatic rings. The molecule has 0 bridgehead atoms. The molecule has 2 unspecified atom stereocenters. The fourth-order valence-corrected chi connectivity index (χ4v) is 4.30. The summed E-state index contributed by atoms with van der Waals surface area (Å²) in [4.78, 5) is 28.5. The molecule has 2 atom stereocenters. The van der Waals surface area contributed by atoms with Crippen molar-refractivity contribution in [2.45, 2.75) is 57.0 Å². The van der Waals surface area contributed by atoms with Crippen molar-refractivity contribution in [3.05, 3.63) is 29.8 Å². The SMILES string of the molecule is COc1ccc(C2CCCCCN2C(=O)CN2CCCCC2C(=O)O)cc1. The Balaban J connectivity index is 1.75. The van der Waals surface area contributed by atoms with Crippen molar-refractivity contribution in [3.63, 3.8) is 0 Å². The van der Waals surface area contributed by atoms with Crippen LogP contribution in [0.3, 0.4) is 0 Å². The Kier molecular flexibility index (Phi) is 6.72. The second-order valence-corrected chi connectivity index (χ2v) is 7.55. The first-order valence-corrected chi connectivity index (χ1v) is 10.0. The fraction of sp³-hybridized carbons (Fsp3) is 0.619. The summed E-state index contributed by atoms with van der Waals surface area (Å²) in [6, 6.07) is 7.47. The molecule has 27 heavy (non-hydrogen) atoms. The van der Waals surface area contributed by atoms with Crippen molar-refractivity contribution in [2.75, 3.05) is 26.7 Å². The van der Waals surface area contributed by atoms with Gasteiger partial charge in [0.05, 0.1) is 19.7 Å². The first kappa shape index (κ1) is 19.7. The summed E-state index contributed by atoms with van der Waals surface area (Å²) in [5.41, 5.74) is 1.12. The number of benzene rings is 1. The number of aliphatic carboxylic acids is 1. The van der Waals surface area contributed by atoms with Crippen LogP contribution in [0.5, 0.6) is 5.75 Å². The van der Waals surface area contributed by atoms with E-state index >= 15 is 0 Å². The van der Waals surface area contributed by atoms with Gasteiger partial charge in [0.25, 0.3) is 0 Å². The zero-order valence-corrected chi connectivity index (χ0v) is 16.1. The van der Waals surface area contributed by atoms with Gasteiger partial charge in [-0.3, -0.25) is 14.5 Å². The lowest BCUT2D eigenvalue weighted by atomic mass is 10.00. The third-order valence-corrected chi connectivity index (χ3v) is 5.81. The summed E-state index contributed by atoms with van der Waals surface area (Å²) in [6.07, 6.45) is 6.67. The van der Waals surface area contributed by atoms with E-state index in [1.807, 2.05) is 34.1 Å². The van der Waals surface area contributed by atoms with Gasteiger partial charge in [-0.15, -0.1) is 0 Å². The minimum Gasteiger partial charge on any atom is -0.497 e. The topological polar surface area (TPSA) is 70.1 Å². The number of carboxylic acid groups (broad SMARTS) is 1. The summed E-state index contributed by atoms with van der Waals surface area (Å²) in [5.74, 6) is 0.0406. The standard InChI is InChI=1S/C21H30N2O4/c1-27-17-11-9-16(10-12-17)18-7-3-2-5-14-23(18)20(24)15-22-13-6-4-8-19(22)21(25)26/h9-12,18-19H,2-8,13-15H2,1H3,(H,25,26). The molecule has 1 aromatic carbocycles. The van der Waals surface area contributed by atoms with Crippen molar-refractivity contribution in [1.82, 2.24) is 9.80 Å². The number of carbonyl (C=O) groups is 2. The predicted molar refractivity (Wildman–Crippen MR) is 103 cm³/mol. The highest BCUT2D eigenvalue weighted by atomic mass is 16.5. The monoisotopic (exact) mass is 374 g/mol. The molecular weight excluding hydrogens is 344 g/mol. The molecule has 6 nitrogen and oxygen atoms in total. The molecule has 0 saturated carbocycles. The number of nitrogens with zero attached hydrogens (tertiary/aromatic N) is 2. The van der Waals surface area contributed by atoms with Gasteiger partial charge >= 0.3 is 5.97 Å². The van der Waals surface area contributed by atoms with Gasteiger partial charge in [0, 0.05) is 6.54 Å². The van der Waals surface area contributed by atoms with Crippen molar-refractivity contribution in [1.29, 1.82) is 0 Å². The van der Waals surface area contributed by atoms with E-state index in [-0.39, 0.29) is 18.5 Å². The van der Waals surface area contributed by atoms with E-state index in [9.17, 15) is 14.7 Å². The Hall–Kier alpha value is -2.08. The highest BCUT2D eigenvalue weighted by Gasteiger charge is 2.33. The third-order valence-electron chi connectivity index (χ3n) is 5.81. The molecule has 2 fully saturated rings. The highest BCUT2D eigenvalue weighted by Crippen LogP contribution is 2.31. The largest absolute Gasteiger partial charge is 0.497 e. The normalized spacial score (nSPS) is 24.3. The van der Waals surface area contributed by atoms with Gasteiger partial charge in [-0.2, -0.15) is 0 Å². The Morgan fingerprint density at radius 2 is 1.74 bits per heavy atom. The Bertz CT molecular complexity index is 646. The lowest BCUT2D eigenvalue weighted by Crippen LogP contribution is -2.50. The fourth-order valence-electron chi connectivity index (χ4n) is 4.30. The van der Waals surface area contributed by atoms with Gasteiger partial charge < -0.3 is 14.7 Å². The van der Waals surface area contributed by atoms with Crippen LogP contribution in [0, 0.1) is 0 Å². The van der Waals surface area contributed by atoms with E-state index < -0.39 is 12.0 Å². The van der Waals surface area contributed by atoms with E-state index in [1.165, 1.54) is 0 Å². The van der Waals surface area contributed by atoms with E-state index in [4.69, 9.17) is 4.74 Å². The number of amides is 1. The zero-order valence-electron chi connectivity index (χ0n) is 16.1. The molecule has 1 N–H and O–H groups in total. The van der Waals surface area contributed by atoms with Crippen molar-refractivity contribution in [3.8, 4) is 5.75 Å². The summed E-state index contributed by atoms with van der Waals surface area (Å²) < 4.78 is 5.25. The van der Waals surface area contributed by atoms with E-state index in [0.29, 0.717) is 13.0 Å². The molecule has 1 aromatic rings. The summed E-state index contributed by atoms with van der Waals surface area (Å²) in [6.45, 7) is 1.62. The molecule has 2 aliphatic heterocycles. The number of hydrogen-bond acceptors (Lipinski definition) is 4.